The molecule has 0 spiro atoms. The van der Waals surface area contributed by atoms with Gasteiger partial charge in [-0.1, -0.05) is 0 Å². The van der Waals surface area contributed by atoms with Crippen LogP contribution in [0.15, 0.2) is 0 Å². The number of rotatable bonds is 1. The zero-order chi connectivity index (χ0) is 10.8. The second kappa shape index (κ2) is 4.16. The first kappa shape index (κ1) is 10.4. The molecule has 3 N–H and O–H groups in total. The van der Waals surface area contributed by atoms with Gasteiger partial charge in [-0.15, -0.1) is 0 Å². The molecule has 2 rings (SSSR count). The van der Waals surface area contributed by atoms with Crippen LogP contribution in [0.1, 0.15) is 16.1 Å². The molecule has 82 valence electrons. The zero-order valence-corrected chi connectivity index (χ0v) is 9.43. The van der Waals surface area contributed by atoms with Gasteiger partial charge in [-0.25, -0.2) is 0 Å². The summed E-state index contributed by atoms with van der Waals surface area (Å²) in [5, 5.41) is 3.73. The molecule has 15 heavy (non-hydrogen) atoms. The lowest BCUT2D eigenvalue weighted by Crippen LogP contribution is -2.46. The smallest absolute Gasteiger partial charge is 0.258 e. The van der Waals surface area contributed by atoms with Gasteiger partial charge in [0.15, 0.2) is 0 Å². The maximum Gasteiger partial charge on any atom is 0.258 e. The second-order valence-corrected chi connectivity index (χ2v) is 4.35. The minimum atomic E-state index is 0.0141. The number of aromatic nitrogens is 1. The van der Waals surface area contributed by atoms with Crippen LogP contribution < -0.4 is 11.1 Å². The number of hydrogen-bond donors (Lipinski definition) is 2. The van der Waals surface area contributed by atoms with Crippen molar-refractivity contribution in [1.82, 2.24) is 14.6 Å². The molecular formula is C9H14N4OS. The van der Waals surface area contributed by atoms with Crippen LogP contribution in [-0.2, 0) is 0 Å². The van der Waals surface area contributed by atoms with Crippen LogP contribution in [0.2, 0.25) is 0 Å². The SMILES string of the molecule is Cc1nsc(N)c1C(=O)N1CCNCC1. The van der Waals surface area contributed by atoms with E-state index >= 15 is 0 Å². The number of carbonyl (C=O) groups is 1. The molecule has 1 aliphatic heterocycles. The third-order valence-corrected chi connectivity index (χ3v) is 3.27. The van der Waals surface area contributed by atoms with Gasteiger partial charge >= 0.3 is 0 Å². The molecule has 1 fully saturated rings. The van der Waals surface area contributed by atoms with Gasteiger partial charge in [0.1, 0.15) is 5.00 Å². The maximum absolute atomic E-state index is 12.1. The van der Waals surface area contributed by atoms with Crippen LogP contribution in [-0.4, -0.2) is 41.4 Å². The Morgan fingerprint density at radius 1 is 1.53 bits per heavy atom. The molecule has 5 nitrogen and oxygen atoms in total. The third kappa shape index (κ3) is 1.95. The van der Waals surface area contributed by atoms with Gasteiger partial charge in [-0.2, -0.15) is 4.37 Å². The third-order valence-electron chi connectivity index (χ3n) is 2.51. The Hall–Kier alpha value is -1.14. The van der Waals surface area contributed by atoms with E-state index in [4.69, 9.17) is 5.73 Å². The molecule has 1 aromatic rings. The Morgan fingerprint density at radius 2 is 2.20 bits per heavy atom. The van der Waals surface area contributed by atoms with E-state index in [-0.39, 0.29) is 5.91 Å². The normalized spacial score (nSPS) is 16.7. The largest absolute Gasteiger partial charge is 0.389 e. The summed E-state index contributed by atoms with van der Waals surface area (Å²) in [6.07, 6.45) is 0. The highest BCUT2D eigenvalue weighted by molar-refractivity contribution is 7.10. The molecule has 1 amide bonds. The average Bonchev–Trinajstić information content (AvgIpc) is 2.59. The number of hydrogen-bond acceptors (Lipinski definition) is 5. The average molecular weight is 226 g/mol. The van der Waals surface area contributed by atoms with E-state index in [1.807, 2.05) is 11.8 Å². The van der Waals surface area contributed by atoms with Gasteiger partial charge in [0, 0.05) is 26.2 Å². The molecule has 1 aliphatic rings. The lowest BCUT2D eigenvalue weighted by molar-refractivity contribution is 0.0736. The molecule has 0 bridgehead atoms. The van der Waals surface area contributed by atoms with Crippen molar-refractivity contribution in [3.8, 4) is 0 Å². The number of aryl methyl sites for hydroxylation is 1. The Morgan fingerprint density at radius 3 is 2.73 bits per heavy atom. The zero-order valence-electron chi connectivity index (χ0n) is 8.62. The number of nitrogens with zero attached hydrogens (tertiary/aromatic N) is 2. The lowest BCUT2D eigenvalue weighted by atomic mass is 10.2. The van der Waals surface area contributed by atoms with E-state index in [1.54, 1.807) is 0 Å². The predicted molar refractivity (Wildman–Crippen MR) is 60.0 cm³/mol. The van der Waals surface area contributed by atoms with Crippen molar-refractivity contribution < 1.29 is 4.79 Å². The van der Waals surface area contributed by atoms with Crippen LogP contribution in [0.25, 0.3) is 0 Å². The highest BCUT2D eigenvalue weighted by Crippen LogP contribution is 2.22. The first-order valence-electron chi connectivity index (χ1n) is 4.92. The van der Waals surface area contributed by atoms with Gasteiger partial charge in [-0.05, 0) is 18.5 Å². The van der Waals surface area contributed by atoms with Crippen molar-refractivity contribution in [2.24, 2.45) is 0 Å². The molecule has 0 aromatic carbocycles. The summed E-state index contributed by atoms with van der Waals surface area (Å²) in [6, 6.07) is 0. The Labute approximate surface area is 92.4 Å². The van der Waals surface area contributed by atoms with E-state index in [2.05, 4.69) is 9.69 Å². The number of nitrogens with two attached hydrogens (primary N) is 1. The lowest BCUT2D eigenvalue weighted by Gasteiger charge is -2.27. The second-order valence-electron chi connectivity index (χ2n) is 3.55. The number of carbonyl (C=O) groups excluding carboxylic acids is 1. The molecule has 1 aromatic heterocycles. The van der Waals surface area contributed by atoms with Crippen LogP contribution in [0, 0.1) is 6.92 Å². The molecule has 0 atom stereocenters. The van der Waals surface area contributed by atoms with Gasteiger partial charge in [0.25, 0.3) is 5.91 Å². The number of anilines is 1. The quantitative estimate of drug-likeness (QED) is 0.711. The van der Waals surface area contributed by atoms with Crippen molar-refractivity contribution in [3.63, 3.8) is 0 Å². The summed E-state index contributed by atoms with van der Waals surface area (Å²) in [7, 11) is 0. The first-order valence-corrected chi connectivity index (χ1v) is 5.69. The first-order chi connectivity index (χ1) is 7.20. The molecule has 0 radical (unpaired) electrons. The highest BCUT2D eigenvalue weighted by Gasteiger charge is 2.23. The van der Waals surface area contributed by atoms with Crippen LogP contribution in [0.5, 0.6) is 0 Å². The summed E-state index contributed by atoms with van der Waals surface area (Å²) in [5.74, 6) is 0.0141. The van der Waals surface area contributed by atoms with E-state index in [9.17, 15) is 4.79 Å². The number of amides is 1. The molecular weight excluding hydrogens is 212 g/mol. The molecule has 0 unspecified atom stereocenters. The van der Waals surface area contributed by atoms with Crippen molar-refractivity contribution in [3.05, 3.63) is 11.3 Å². The van der Waals surface area contributed by atoms with Crippen LogP contribution in [0.4, 0.5) is 5.00 Å². The van der Waals surface area contributed by atoms with E-state index in [1.165, 1.54) is 11.5 Å². The summed E-state index contributed by atoms with van der Waals surface area (Å²) in [5.41, 5.74) is 7.06. The maximum atomic E-state index is 12.1. The molecule has 2 heterocycles. The van der Waals surface area contributed by atoms with Crippen molar-refractivity contribution in [2.75, 3.05) is 31.9 Å². The van der Waals surface area contributed by atoms with E-state index in [0.29, 0.717) is 10.6 Å². The summed E-state index contributed by atoms with van der Waals surface area (Å²) < 4.78 is 4.09. The minimum absolute atomic E-state index is 0.0141. The van der Waals surface area contributed by atoms with Crippen molar-refractivity contribution >= 4 is 22.4 Å². The van der Waals surface area contributed by atoms with Crippen molar-refractivity contribution in [1.29, 1.82) is 0 Å². The van der Waals surface area contributed by atoms with Crippen LogP contribution >= 0.6 is 11.5 Å². The number of nitrogen functional groups attached to an aromatic ring is 1. The molecule has 6 heteroatoms. The standard InChI is InChI=1S/C9H14N4OS/c1-6-7(8(10)15-12-6)9(14)13-4-2-11-3-5-13/h11H,2-5,10H2,1H3. The van der Waals surface area contributed by atoms with Gasteiger partial charge in [0.2, 0.25) is 0 Å². The van der Waals surface area contributed by atoms with Crippen molar-refractivity contribution in [2.45, 2.75) is 6.92 Å². The number of nitrogens with one attached hydrogen (secondary N) is 1. The topological polar surface area (TPSA) is 71.2 Å². The van der Waals surface area contributed by atoms with E-state index in [0.717, 1.165) is 31.9 Å². The Bertz CT molecular complexity index is 351. The van der Waals surface area contributed by atoms with Crippen LogP contribution in [0.3, 0.4) is 0 Å². The summed E-state index contributed by atoms with van der Waals surface area (Å²) in [4.78, 5) is 13.9. The molecule has 0 saturated carbocycles. The summed E-state index contributed by atoms with van der Waals surface area (Å²) >= 11 is 1.19. The summed E-state index contributed by atoms with van der Waals surface area (Å²) in [6.45, 7) is 5.01. The number of piperazine rings is 1. The fourth-order valence-corrected chi connectivity index (χ4v) is 2.33. The fraction of sp³-hybridized carbons (Fsp3) is 0.556. The van der Waals surface area contributed by atoms with Gasteiger partial charge < -0.3 is 16.0 Å². The fourth-order valence-electron chi connectivity index (χ4n) is 1.67. The molecule has 1 saturated heterocycles. The van der Waals surface area contributed by atoms with E-state index < -0.39 is 0 Å². The monoisotopic (exact) mass is 226 g/mol. The van der Waals surface area contributed by atoms with Gasteiger partial charge in [-0.3, -0.25) is 4.79 Å². The highest BCUT2D eigenvalue weighted by atomic mass is 32.1. The van der Waals surface area contributed by atoms with Gasteiger partial charge in [0.05, 0.1) is 11.3 Å². The minimum Gasteiger partial charge on any atom is -0.389 e. The Balaban J connectivity index is 2.19. The predicted octanol–water partition coefficient (Wildman–Crippen LogP) is 0.0791. The Kier molecular flexibility index (Phi) is 2.88. The molecule has 0 aliphatic carbocycles.